The molecule has 6 nitrogen and oxygen atoms in total. The molecule has 1 aromatic carbocycles. The van der Waals surface area contributed by atoms with Crippen LogP contribution in [0.2, 0.25) is 0 Å². The second-order valence-corrected chi connectivity index (χ2v) is 7.30. The van der Waals surface area contributed by atoms with Crippen LogP contribution in [0.3, 0.4) is 0 Å². The molecule has 1 heterocycles. The van der Waals surface area contributed by atoms with Crippen molar-refractivity contribution in [3.8, 4) is 0 Å². The largest absolute Gasteiger partial charge is 0.391 e. The van der Waals surface area contributed by atoms with Crippen LogP contribution in [0, 0.1) is 0 Å². The maximum absolute atomic E-state index is 12.2. The molecule has 0 spiro atoms. The summed E-state index contributed by atoms with van der Waals surface area (Å²) >= 11 is 0. The molecule has 0 amide bonds. The van der Waals surface area contributed by atoms with Crippen LogP contribution in [0.25, 0.3) is 0 Å². The second-order valence-electron chi connectivity index (χ2n) is 5.77. The summed E-state index contributed by atoms with van der Waals surface area (Å²) in [6, 6.07) is 6.34. The number of sulfonamides is 1. The number of rotatable bonds is 5. The number of anilines is 1. The zero-order chi connectivity index (χ0) is 18.0. The van der Waals surface area contributed by atoms with Crippen molar-refractivity contribution in [2.24, 2.45) is 5.14 Å². The number of alkyl halides is 3. The number of piperazine rings is 1. The molecule has 1 aliphatic heterocycles. The van der Waals surface area contributed by atoms with E-state index in [4.69, 9.17) is 5.14 Å². The first-order valence-corrected chi connectivity index (χ1v) is 8.95. The predicted molar refractivity (Wildman–Crippen MR) is 83.1 cm³/mol. The SMILES string of the molecule is NS(=O)(=O)c1ccccc1N1CCN(CC(O)CC(F)(F)F)CC1. The predicted octanol–water partition coefficient (Wildman–Crippen LogP) is 0.769. The molecule has 1 atom stereocenters. The van der Waals surface area contributed by atoms with Crippen LogP contribution in [-0.2, 0) is 10.0 Å². The van der Waals surface area contributed by atoms with Gasteiger partial charge in [-0.2, -0.15) is 13.2 Å². The molecule has 1 fully saturated rings. The third-order valence-electron chi connectivity index (χ3n) is 3.82. The van der Waals surface area contributed by atoms with Crippen molar-refractivity contribution >= 4 is 15.7 Å². The van der Waals surface area contributed by atoms with Crippen LogP contribution >= 0.6 is 0 Å². The minimum absolute atomic E-state index is 0.0237. The van der Waals surface area contributed by atoms with Gasteiger partial charge in [-0.1, -0.05) is 12.1 Å². The lowest BCUT2D eigenvalue weighted by molar-refractivity contribution is -0.155. The monoisotopic (exact) mass is 367 g/mol. The lowest BCUT2D eigenvalue weighted by Gasteiger charge is -2.37. The highest BCUT2D eigenvalue weighted by atomic mass is 32.2. The number of nitrogens with zero attached hydrogens (tertiary/aromatic N) is 2. The summed E-state index contributed by atoms with van der Waals surface area (Å²) in [5, 5.41) is 14.7. The van der Waals surface area contributed by atoms with Crippen LogP contribution in [-0.4, -0.2) is 63.4 Å². The fourth-order valence-corrected chi connectivity index (χ4v) is 3.52. The van der Waals surface area contributed by atoms with Crippen LogP contribution in [0.4, 0.5) is 18.9 Å². The van der Waals surface area contributed by atoms with Gasteiger partial charge in [0.25, 0.3) is 0 Å². The normalized spacial score (nSPS) is 18.6. The second kappa shape index (κ2) is 7.26. The summed E-state index contributed by atoms with van der Waals surface area (Å²) in [7, 11) is -3.86. The number of benzene rings is 1. The number of halogens is 3. The number of β-amino-alcohol motifs (C(OH)–C–C–N with tert-alkyl or cyclic N) is 1. The highest BCUT2D eigenvalue weighted by Gasteiger charge is 2.32. The van der Waals surface area contributed by atoms with Gasteiger partial charge in [-0.25, -0.2) is 13.6 Å². The van der Waals surface area contributed by atoms with Crippen LogP contribution in [0.5, 0.6) is 0 Å². The molecule has 0 radical (unpaired) electrons. The highest BCUT2D eigenvalue weighted by molar-refractivity contribution is 7.89. The van der Waals surface area contributed by atoms with Gasteiger partial charge in [0.1, 0.15) is 4.90 Å². The number of hydrogen-bond acceptors (Lipinski definition) is 5. The Morgan fingerprint density at radius 1 is 1.17 bits per heavy atom. The summed E-state index contributed by atoms with van der Waals surface area (Å²) in [4.78, 5) is 3.58. The highest BCUT2D eigenvalue weighted by Crippen LogP contribution is 2.26. The van der Waals surface area contributed by atoms with Gasteiger partial charge in [0.2, 0.25) is 10.0 Å². The standard InChI is InChI=1S/C14H20F3N3O3S/c15-14(16,17)9-11(21)10-19-5-7-20(8-6-19)12-3-1-2-4-13(12)24(18,22)23/h1-4,11,21H,5-10H2,(H2,18,22,23). The molecule has 136 valence electrons. The van der Waals surface area contributed by atoms with Crippen molar-refractivity contribution in [3.63, 3.8) is 0 Å². The summed E-state index contributed by atoms with van der Waals surface area (Å²) in [6.07, 6.45) is -7.09. The first-order chi connectivity index (χ1) is 11.1. The van der Waals surface area contributed by atoms with E-state index in [1.807, 2.05) is 4.90 Å². The summed E-state index contributed by atoms with van der Waals surface area (Å²) in [6.45, 7) is 1.66. The summed E-state index contributed by atoms with van der Waals surface area (Å²) < 4.78 is 60.0. The van der Waals surface area contributed by atoms with Gasteiger partial charge < -0.3 is 10.0 Å². The average molecular weight is 367 g/mol. The van der Waals surface area contributed by atoms with E-state index in [9.17, 15) is 26.7 Å². The Morgan fingerprint density at radius 3 is 2.29 bits per heavy atom. The van der Waals surface area contributed by atoms with E-state index in [2.05, 4.69) is 0 Å². The van der Waals surface area contributed by atoms with Crippen molar-refractivity contribution in [3.05, 3.63) is 24.3 Å². The third kappa shape index (κ3) is 5.33. The molecular formula is C14H20F3N3O3S. The number of primary sulfonamides is 1. The van der Waals surface area contributed by atoms with Gasteiger partial charge in [0, 0.05) is 32.7 Å². The zero-order valence-electron chi connectivity index (χ0n) is 12.9. The Balaban J connectivity index is 1.97. The molecule has 1 saturated heterocycles. The maximum atomic E-state index is 12.2. The lowest BCUT2D eigenvalue weighted by Crippen LogP contribution is -2.49. The van der Waals surface area contributed by atoms with Crippen LogP contribution < -0.4 is 10.0 Å². The number of aliphatic hydroxyl groups excluding tert-OH is 1. The van der Waals surface area contributed by atoms with E-state index in [-0.39, 0.29) is 11.4 Å². The van der Waals surface area contributed by atoms with Crippen molar-refractivity contribution < 1.29 is 26.7 Å². The van der Waals surface area contributed by atoms with Gasteiger partial charge in [0.05, 0.1) is 18.2 Å². The Hall–Kier alpha value is -1.36. The minimum atomic E-state index is -4.39. The van der Waals surface area contributed by atoms with Crippen molar-refractivity contribution in [1.82, 2.24) is 4.90 Å². The van der Waals surface area contributed by atoms with E-state index >= 15 is 0 Å². The molecule has 1 aliphatic rings. The van der Waals surface area contributed by atoms with E-state index in [1.54, 1.807) is 23.1 Å². The van der Waals surface area contributed by atoms with Gasteiger partial charge in [0.15, 0.2) is 0 Å². The van der Waals surface area contributed by atoms with Crippen molar-refractivity contribution in [2.45, 2.75) is 23.6 Å². The first kappa shape index (κ1) is 19.0. The number of nitrogens with two attached hydrogens (primary N) is 1. The maximum Gasteiger partial charge on any atom is 0.391 e. The van der Waals surface area contributed by atoms with Gasteiger partial charge in [-0.3, -0.25) is 4.90 Å². The molecule has 1 unspecified atom stereocenters. The summed E-state index contributed by atoms with van der Waals surface area (Å²) in [5.41, 5.74) is 0.482. The Bertz CT molecular complexity index is 659. The van der Waals surface area contributed by atoms with Gasteiger partial charge in [-0.15, -0.1) is 0 Å². The molecule has 0 aromatic heterocycles. The molecular weight excluding hydrogens is 347 g/mol. The molecule has 10 heteroatoms. The molecule has 0 aliphatic carbocycles. The lowest BCUT2D eigenvalue weighted by atomic mass is 10.2. The fourth-order valence-electron chi connectivity index (χ4n) is 2.76. The van der Waals surface area contributed by atoms with Gasteiger partial charge >= 0.3 is 6.18 Å². The average Bonchev–Trinajstić information content (AvgIpc) is 2.45. The Kier molecular flexibility index (Phi) is 5.74. The van der Waals surface area contributed by atoms with Crippen LogP contribution in [0.1, 0.15) is 6.42 Å². The smallest absolute Gasteiger partial charge is 0.391 e. The molecule has 24 heavy (non-hydrogen) atoms. The van der Waals surface area contributed by atoms with Gasteiger partial charge in [-0.05, 0) is 12.1 Å². The molecule has 2 rings (SSSR count). The molecule has 3 N–H and O–H groups in total. The Morgan fingerprint density at radius 2 is 1.75 bits per heavy atom. The van der Waals surface area contributed by atoms with E-state index in [0.717, 1.165) is 0 Å². The quantitative estimate of drug-likeness (QED) is 0.803. The molecule has 0 bridgehead atoms. The Labute approximate surface area is 138 Å². The van der Waals surface area contributed by atoms with E-state index in [0.29, 0.717) is 31.9 Å². The fraction of sp³-hybridized carbons (Fsp3) is 0.571. The van der Waals surface area contributed by atoms with Crippen molar-refractivity contribution in [1.29, 1.82) is 0 Å². The minimum Gasteiger partial charge on any atom is -0.391 e. The number of aliphatic hydroxyl groups is 1. The number of hydrogen-bond donors (Lipinski definition) is 2. The van der Waals surface area contributed by atoms with Crippen LogP contribution in [0.15, 0.2) is 29.2 Å². The topological polar surface area (TPSA) is 86.9 Å². The first-order valence-electron chi connectivity index (χ1n) is 7.40. The molecule has 0 saturated carbocycles. The molecule has 1 aromatic rings. The van der Waals surface area contributed by atoms with E-state index < -0.39 is 28.7 Å². The third-order valence-corrected chi connectivity index (χ3v) is 4.78. The van der Waals surface area contributed by atoms with Crippen molar-refractivity contribution in [2.75, 3.05) is 37.6 Å². The summed E-state index contributed by atoms with van der Waals surface area (Å²) in [5.74, 6) is 0. The van der Waals surface area contributed by atoms with E-state index in [1.165, 1.54) is 6.07 Å². The zero-order valence-corrected chi connectivity index (χ0v) is 13.7. The number of para-hydroxylation sites is 1.